The van der Waals surface area contributed by atoms with Crippen molar-refractivity contribution in [2.75, 3.05) is 0 Å². The van der Waals surface area contributed by atoms with Gasteiger partial charge in [-0.1, -0.05) is 0 Å². The highest BCUT2D eigenvalue weighted by molar-refractivity contribution is 5.32. The molecule has 0 saturated carbocycles. The van der Waals surface area contributed by atoms with E-state index in [0.717, 1.165) is 0 Å². The van der Waals surface area contributed by atoms with Crippen molar-refractivity contribution >= 4 is 0 Å². The van der Waals surface area contributed by atoms with Gasteiger partial charge in [-0.05, 0) is 0 Å². The maximum absolute atomic E-state index is 13.9. The molecule has 0 aliphatic heterocycles. The Morgan fingerprint density at radius 1 is 0.393 bits per heavy atom. The molecule has 0 aromatic carbocycles. The molecule has 1 aromatic heterocycles. The Morgan fingerprint density at radius 2 is 0.571 bits per heavy atom. The molecule has 0 amide bonds. The number of halogens is 16. The highest BCUT2D eigenvalue weighted by Crippen LogP contribution is 2.59. The number of rotatable bonds is 2. The summed E-state index contributed by atoms with van der Waals surface area (Å²) in [6.07, 6.45) is -29.8. The molecule has 18 heteroatoms. The predicted octanol–water partition coefficient (Wildman–Crippen LogP) is 5.33. The summed E-state index contributed by atoms with van der Waals surface area (Å²) in [5.74, 6) is -6.53. The highest BCUT2D eigenvalue weighted by atomic mass is 19.4. The zero-order chi connectivity index (χ0) is 22.7. The molecule has 28 heavy (non-hydrogen) atoms. The second-order valence-corrected chi connectivity index (χ2v) is 4.81. The largest absolute Gasteiger partial charge is 0.437 e. The third kappa shape index (κ3) is 3.29. The van der Waals surface area contributed by atoms with Crippen molar-refractivity contribution in [3.05, 3.63) is 23.3 Å². The first-order valence-corrected chi connectivity index (χ1v) is 5.92. The summed E-state index contributed by atoms with van der Waals surface area (Å²) in [6.45, 7) is 0. The summed E-state index contributed by atoms with van der Waals surface area (Å²) in [5.41, 5.74) is -22.9. The molecule has 0 aliphatic rings. The zero-order valence-corrected chi connectivity index (χ0v) is 11.9. The Bertz CT molecular complexity index is 647. The van der Waals surface area contributed by atoms with Crippen LogP contribution in [-0.2, 0) is 11.3 Å². The van der Waals surface area contributed by atoms with Crippen LogP contribution in [-0.4, -0.2) is 34.7 Å². The van der Waals surface area contributed by atoms with Gasteiger partial charge in [0, 0.05) is 0 Å². The summed E-state index contributed by atoms with van der Waals surface area (Å²) in [4.78, 5) is 2.42. The lowest BCUT2D eigenvalue weighted by molar-refractivity contribution is -0.362. The third-order valence-corrected chi connectivity index (χ3v) is 3.03. The molecule has 0 radical (unpaired) electrons. The van der Waals surface area contributed by atoms with Crippen molar-refractivity contribution in [2.45, 2.75) is 36.0 Å². The van der Waals surface area contributed by atoms with Gasteiger partial charge < -0.3 is 0 Å². The number of aromatic nitrogens is 2. The average molecular weight is 452 g/mol. The normalized spacial score (nSPS) is 15.1. The van der Waals surface area contributed by atoms with Crippen molar-refractivity contribution in [2.24, 2.45) is 0 Å². The first-order chi connectivity index (χ1) is 12.0. The molecule has 162 valence electrons. The van der Waals surface area contributed by atoms with E-state index in [1.807, 2.05) is 0 Å². The minimum absolute atomic E-state index is 1.21. The van der Waals surface area contributed by atoms with Gasteiger partial charge in [0.15, 0.2) is 0 Å². The van der Waals surface area contributed by atoms with Gasteiger partial charge in [0.2, 0.25) is 0 Å². The highest BCUT2D eigenvalue weighted by Gasteiger charge is 2.81. The maximum Gasteiger partial charge on any atom is 0.437 e. The van der Waals surface area contributed by atoms with Gasteiger partial charge in [0.05, 0.1) is 0 Å². The maximum atomic E-state index is 13.9. The van der Waals surface area contributed by atoms with Gasteiger partial charge in [0.25, 0.3) is 11.9 Å². The number of hydrogen-bond donors (Lipinski definition) is 0. The van der Waals surface area contributed by atoms with Crippen LogP contribution in [0.4, 0.5) is 70.2 Å². The van der Waals surface area contributed by atoms with Crippen molar-refractivity contribution in [3.8, 4) is 0 Å². The molecule has 0 N–H and O–H groups in total. The van der Waals surface area contributed by atoms with Crippen LogP contribution in [0, 0.1) is 11.9 Å². The van der Waals surface area contributed by atoms with Crippen molar-refractivity contribution in [1.82, 2.24) is 9.97 Å². The number of hydrogen-bond acceptors (Lipinski definition) is 2. The Morgan fingerprint density at radius 3 is 0.714 bits per heavy atom. The molecule has 1 aromatic rings. The van der Waals surface area contributed by atoms with Gasteiger partial charge >= 0.3 is 36.0 Å². The molecule has 0 unspecified atom stereocenters. The van der Waals surface area contributed by atoms with Crippen LogP contribution in [0.25, 0.3) is 0 Å². The fourth-order valence-corrected chi connectivity index (χ4v) is 1.73. The van der Waals surface area contributed by atoms with Crippen molar-refractivity contribution in [1.29, 1.82) is 0 Å². The van der Waals surface area contributed by atoms with E-state index < -0.39 is 59.3 Å². The predicted molar refractivity (Wildman–Crippen MR) is 51.7 cm³/mol. The summed E-state index contributed by atoms with van der Waals surface area (Å²) >= 11 is 0. The molecular formula is C10F16N2. The summed E-state index contributed by atoms with van der Waals surface area (Å²) in [5, 5.41) is 0. The summed E-state index contributed by atoms with van der Waals surface area (Å²) in [6, 6.07) is 0. The minimum atomic E-state index is -7.45. The first kappa shape index (κ1) is 24.0. The number of nitrogens with zero attached hydrogens (tertiary/aromatic N) is 2. The topological polar surface area (TPSA) is 25.8 Å². The van der Waals surface area contributed by atoms with Gasteiger partial charge in [-0.15, -0.1) is 0 Å². The molecule has 1 rings (SSSR count). The zero-order valence-electron chi connectivity index (χ0n) is 11.9. The fraction of sp³-hybridized carbons (Fsp3) is 0.600. The molecule has 0 spiro atoms. The quantitative estimate of drug-likeness (QED) is 0.567. The molecule has 1 heterocycles. The average Bonchev–Trinajstić information content (AvgIpc) is 2.43. The second kappa shape index (κ2) is 6.23. The van der Waals surface area contributed by atoms with Crippen LogP contribution in [0.5, 0.6) is 0 Å². The minimum Gasteiger partial charge on any atom is -0.216 e. The second-order valence-electron chi connectivity index (χ2n) is 4.81. The Balaban J connectivity index is 4.25. The van der Waals surface area contributed by atoms with Crippen molar-refractivity contribution in [3.63, 3.8) is 0 Å². The molecule has 0 bridgehead atoms. The molecule has 0 atom stereocenters. The fourth-order valence-electron chi connectivity index (χ4n) is 1.73. The smallest absolute Gasteiger partial charge is 0.216 e. The summed E-state index contributed by atoms with van der Waals surface area (Å²) in [7, 11) is 0. The lowest BCUT2D eigenvalue weighted by Gasteiger charge is -2.35. The molecule has 2 nitrogen and oxygen atoms in total. The Hall–Kier alpha value is -2.04. The Kier molecular flexibility index (Phi) is 5.34. The molecular weight excluding hydrogens is 452 g/mol. The monoisotopic (exact) mass is 452 g/mol. The van der Waals surface area contributed by atoms with Crippen LogP contribution < -0.4 is 0 Å². The van der Waals surface area contributed by atoms with Crippen molar-refractivity contribution < 1.29 is 70.2 Å². The van der Waals surface area contributed by atoms with Crippen LogP contribution in [0.2, 0.25) is 0 Å². The van der Waals surface area contributed by atoms with E-state index in [2.05, 4.69) is 0 Å². The van der Waals surface area contributed by atoms with Crippen LogP contribution in [0.15, 0.2) is 0 Å². The lowest BCUT2D eigenvalue weighted by Crippen LogP contribution is -2.57. The van der Waals surface area contributed by atoms with E-state index in [4.69, 9.17) is 0 Å². The lowest BCUT2D eigenvalue weighted by atomic mass is 9.89. The van der Waals surface area contributed by atoms with E-state index in [-0.39, 0.29) is 0 Å². The summed E-state index contributed by atoms with van der Waals surface area (Å²) < 4.78 is 205. The molecule has 0 saturated heterocycles. The first-order valence-electron chi connectivity index (χ1n) is 5.92. The van der Waals surface area contributed by atoms with Crippen LogP contribution in [0.1, 0.15) is 11.4 Å². The van der Waals surface area contributed by atoms with E-state index >= 15 is 0 Å². The van der Waals surface area contributed by atoms with E-state index in [9.17, 15) is 70.2 Å². The van der Waals surface area contributed by atoms with Gasteiger partial charge in [-0.25, -0.2) is 18.7 Å². The van der Waals surface area contributed by atoms with E-state index in [1.54, 1.807) is 0 Å². The van der Waals surface area contributed by atoms with E-state index in [1.165, 1.54) is 9.97 Å². The van der Waals surface area contributed by atoms with Gasteiger partial charge in [0.1, 0.15) is 11.4 Å². The number of alkyl halides is 14. The molecule has 0 aliphatic carbocycles. The SMILES string of the molecule is Fc1nc(C(F)(C(F)(F)F)C(F)(F)F)c(C(F)(C(F)(F)F)C(F)(F)F)nc1F. The van der Waals surface area contributed by atoms with E-state index in [0.29, 0.717) is 0 Å². The van der Waals surface area contributed by atoms with Gasteiger partial charge in [-0.2, -0.15) is 61.5 Å². The Labute approximate surface area is 141 Å². The molecule has 0 fully saturated rings. The van der Waals surface area contributed by atoms with Crippen LogP contribution >= 0.6 is 0 Å². The van der Waals surface area contributed by atoms with Crippen LogP contribution in [0.3, 0.4) is 0 Å². The standard InChI is InChI=1S/C10F16N2/c11-3-4(12)28-2(6(14,9(21,22)23)10(24,25)26)1(27-3)5(13,7(15,16)17)8(18,19)20. The third-order valence-electron chi connectivity index (χ3n) is 3.03. The van der Waals surface area contributed by atoms with Gasteiger partial charge in [-0.3, -0.25) is 0 Å².